The lowest BCUT2D eigenvalue weighted by Crippen LogP contribution is -2.42. The van der Waals surface area contributed by atoms with Crippen molar-refractivity contribution in [3.63, 3.8) is 0 Å². The number of ether oxygens (including phenoxy) is 1. The lowest BCUT2D eigenvalue weighted by molar-refractivity contribution is 0.107. The summed E-state index contributed by atoms with van der Waals surface area (Å²) in [5, 5.41) is 3.99. The van der Waals surface area contributed by atoms with E-state index in [-0.39, 0.29) is 12.6 Å². The van der Waals surface area contributed by atoms with E-state index in [1.165, 1.54) is 10.9 Å². The first kappa shape index (κ1) is 18.1. The highest BCUT2D eigenvalue weighted by molar-refractivity contribution is 5.91. The first-order chi connectivity index (χ1) is 13.8. The van der Waals surface area contributed by atoms with Gasteiger partial charge < -0.3 is 15.0 Å². The predicted octanol–water partition coefficient (Wildman–Crippen LogP) is 2.94. The van der Waals surface area contributed by atoms with Crippen LogP contribution in [0.15, 0.2) is 65.8 Å². The van der Waals surface area contributed by atoms with Crippen molar-refractivity contribution < 1.29 is 14.4 Å². The highest BCUT2D eigenvalue weighted by Gasteiger charge is 2.25. The number of carbonyl (C=O) groups is 1. The number of amides is 1. The predicted molar refractivity (Wildman–Crippen MR) is 107 cm³/mol. The number of hydroxylamine groups is 1. The Labute approximate surface area is 162 Å². The number of aromatic amines is 1. The fourth-order valence-electron chi connectivity index (χ4n) is 3.14. The summed E-state index contributed by atoms with van der Waals surface area (Å²) in [7, 11) is 0. The van der Waals surface area contributed by atoms with Gasteiger partial charge >= 0.3 is 6.09 Å². The van der Waals surface area contributed by atoms with Gasteiger partial charge in [-0.1, -0.05) is 48.5 Å². The average Bonchev–Trinajstić information content (AvgIpc) is 3.34. The number of hydrogen-bond donors (Lipinski definition) is 3. The van der Waals surface area contributed by atoms with Crippen LogP contribution < -0.4 is 10.8 Å². The number of H-pyrrole nitrogens is 1. The van der Waals surface area contributed by atoms with Crippen molar-refractivity contribution in [1.82, 2.24) is 15.8 Å². The van der Waals surface area contributed by atoms with Gasteiger partial charge in [0.05, 0.1) is 0 Å². The van der Waals surface area contributed by atoms with Crippen molar-refractivity contribution in [1.29, 1.82) is 0 Å². The lowest BCUT2D eigenvalue weighted by Gasteiger charge is -2.11. The average molecular weight is 378 g/mol. The standard InChI is InChI=1S/C21H22N4O3/c26-21(27-13-15-6-2-1-3-7-15)24-19-14-28-25-20(19)22-11-10-16-12-23-18-9-5-4-8-17(16)18/h1-9,12,19,23H,10-11,13-14H2,(H,22,25)(H,24,26)/t19-/m0/s1. The molecule has 7 heteroatoms. The maximum Gasteiger partial charge on any atom is 0.408 e. The Balaban J connectivity index is 1.29. The van der Waals surface area contributed by atoms with Crippen molar-refractivity contribution in [3.8, 4) is 0 Å². The number of para-hydroxylation sites is 1. The van der Waals surface area contributed by atoms with Crippen LogP contribution in [0, 0.1) is 0 Å². The zero-order chi connectivity index (χ0) is 19.2. The molecule has 0 bridgehead atoms. The summed E-state index contributed by atoms with van der Waals surface area (Å²) in [4.78, 5) is 25.1. The molecule has 0 radical (unpaired) electrons. The van der Waals surface area contributed by atoms with Crippen molar-refractivity contribution in [3.05, 3.63) is 71.9 Å². The first-order valence-electron chi connectivity index (χ1n) is 9.24. The second-order valence-electron chi connectivity index (χ2n) is 6.55. The molecular weight excluding hydrogens is 356 g/mol. The minimum atomic E-state index is -0.495. The van der Waals surface area contributed by atoms with Gasteiger partial charge in [0, 0.05) is 23.6 Å². The zero-order valence-corrected chi connectivity index (χ0v) is 15.4. The number of amidine groups is 1. The van der Waals surface area contributed by atoms with Gasteiger partial charge in [0.15, 0.2) is 0 Å². The molecule has 0 spiro atoms. The molecule has 3 N–H and O–H groups in total. The molecule has 1 amide bonds. The molecule has 4 rings (SSSR count). The van der Waals surface area contributed by atoms with Crippen LogP contribution in [0.2, 0.25) is 0 Å². The third kappa shape index (κ3) is 4.32. The fraction of sp³-hybridized carbons (Fsp3) is 0.238. The molecule has 0 aliphatic carbocycles. The molecule has 2 heterocycles. The van der Waals surface area contributed by atoms with Crippen molar-refractivity contribution in [2.24, 2.45) is 4.99 Å². The molecule has 144 valence electrons. The van der Waals surface area contributed by atoms with Gasteiger partial charge in [0.1, 0.15) is 25.1 Å². The van der Waals surface area contributed by atoms with Crippen LogP contribution in [0.3, 0.4) is 0 Å². The number of rotatable bonds is 6. The molecule has 1 fully saturated rings. The number of alkyl carbamates (subject to hydrolysis) is 1. The Morgan fingerprint density at radius 1 is 1.18 bits per heavy atom. The monoisotopic (exact) mass is 378 g/mol. The normalized spacial score (nSPS) is 17.6. The SMILES string of the molecule is O=C(N[C@H]1CONC1=NCCc1c[nH]c2ccccc12)OCc1ccccc1. The topological polar surface area (TPSA) is 87.7 Å². The minimum Gasteiger partial charge on any atom is -0.445 e. The van der Waals surface area contributed by atoms with Gasteiger partial charge in [-0.15, -0.1) is 0 Å². The van der Waals surface area contributed by atoms with Crippen molar-refractivity contribution in [2.75, 3.05) is 13.2 Å². The van der Waals surface area contributed by atoms with Crippen LogP contribution in [-0.4, -0.2) is 36.1 Å². The number of fused-ring (bicyclic) bond motifs is 1. The van der Waals surface area contributed by atoms with Crippen LogP contribution in [0.1, 0.15) is 11.1 Å². The number of benzene rings is 2. The quantitative estimate of drug-likeness (QED) is 0.615. The Kier molecular flexibility index (Phi) is 5.53. The lowest BCUT2D eigenvalue weighted by atomic mass is 10.1. The van der Waals surface area contributed by atoms with E-state index >= 15 is 0 Å². The molecule has 3 aromatic rings. The van der Waals surface area contributed by atoms with Crippen LogP contribution in [0.25, 0.3) is 10.9 Å². The molecule has 1 aliphatic heterocycles. The molecule has 7 nitrogen and oxygen atoms in total. The van der Waals surface area contributed by atoms with Crippen LogP contribution >= 0.6 is 0 Å². The number of nitrogens with one attached hydrogen (secondary N) is 3. The van der Waals surface area contributed by atoms with Gasteiger partial charge in [-0.3, -0.25) is 15.3 Å². The first-order valence-corrected chi connectivity index (χ1v) is 9.24. The molecule has 28 heavy (non-hydrogen) atoms. The van der Waals surface area contributed by atoms with Crippen LogP contribution in [0.4, 0.5) is 4.79 Å². The minimum absolute atomic E-state index is 0.223. The van der Waals surface area contributed by atoms with Crippen LogP contribution in [-0.2, 0) is 22.6 Å². The summed E-state index contributed by atoms with van der Waals surface area (Å²) in [6.45, 7) is 1.12. The highest BCUT2D eigenvalue weighted by atomic mass is 16.7. The largest absolute Gasteiger partial charge is 0.445 e. The third-order valence-corrected chi connectivity index (χ3v) is 4.60. The summed E-state index contributed by atoms with van der Waals surface area (Å²) >= 11 is 0. The molecular formula is C21H22N4O3. The Morgan fingerprint density at radius 2 is 2.00 bits per heavy atom. The second-order valence-corrected chi connectivity index (χ2v) is 6.55. The van der Waals surface area contributed by atoms with E-state index in [1.54, 1.807) is 0 Å². The smallest absolute Gasteiger partial charge is 0.408 e. The zero-order valence-electron chi connectivity index (χ0n) is 15.4. The number of carbonyl (C=O) groups excluding carboxylic acids is 1. The molecule has 1 aliphatic rings. The van der Waals surface area contributed by atoms with Gasteiger partial charge in [0.25, 0.3) is 0 Å². The van der Waals surface area contributed by atoms with E-state index in [2.05, 4.69) is 32.9 Å². The molecule has 1 aromatic heterocycles. The molecule has 0 saturated carbocycles. The maximum atomic E-state index is 12.0. The third-order valence-electron chi connectivity index (χ3n) is 4.60. The summed E-state index contributed by atoms with van der Waals surface area (Å²) in [6.07, 6.45) is 2.31. The molecule has 2 aromatic carbocycles. The number of nitrogens with zero attached hydrogens (tertiary/aromatic N) is 1. The number of aliphatic imine (C=N–C) groups is 1. The summed E-state index contributed by atoms with van der Waals surface area (Å²) < 4.78 is 5.26. The number of hydrogen-bond acceptors (Lipinski definition) is 4. The van der Waals surface area contributed by atoms with E-state index in [0.29, 0.717) is 19.0 Å². The van der Waals surface area contributed by atoms with Gasteiger partial charge in [-0.05, 0) is 23.6 Å². The second kappa shape index (κ2) is 8.58. The van der Waals surface area contributed by atoms with E-state index in [0.717, 1.165) is 17.5 Å². The van der Waals surface area contributed by atoms with E-state index < -0.39 is 6.09 Å². The number of aromatic nitrogens is 1. The maximum absolute atomic E-state index is 12.0. The Hall–Kier alpha value is -3.32. The van der Waals surface area contributed by atoms with E-state index in [9.17, 15) is 4.79 Å². The van der Waals surface area contributed by atoms with E-state index in [4.69, 9.17) is 9.57 Å². The van der Waals surface area contributed by atoms with Gasteiger partial charge in [-0.2, -0.15) is 0 Å². The summed E-state index contributed by atoms with van der Waals surface area (Å²) in [5.74, 6) is 0.608. The van der Waals surface area contributed by atoms with Crippen molar-refractivity contribution in [2.45, 2.75) is 19.1 Å². The highest BCUT2D eigenvalue weighted by Crippen LogP contribution is 2.18. The van der Waals surface area contributed by atoms with Gasteiger partial charge in [0.2, 0.25) is 0 Å². The Bertz CT molecular complexity index is 968. The van der Waals surface area contributed by atoms with Crippen molar-refractivity contribution >= 4 is 22.8 Å². The molecule has 1 saturated heterocycles. The summed E-state index contributed by atoms with van der Waals surface area (Å²) in [6, 6.07) is 17.4. The summed E-state index contributed by atoms with van der Waals surface area (Å²) in [5.41, 5.74) is 6.04. The fourth-order valence-corrected chi connectivity index (χ4v) is 3.14. The molecule has 1 atom stereocenters. The van der Waals surface area contributed by atoms with Gasteiger partial charge in [-0.25, -0.2) is 4.79 Å². The molecule has 0 unspecified atom stereocenters. The van der Waals surface area contributed by atoms with E-state index in [1.807, 2.05) is 48.7 Å². The Morgan fingerprint density at radius 3 is 2.89 bits per heavy atom. The van der Waals surface area contributed by atoms with Crippen LogP contribution in [0.5, 0.6) is 0 Å².